The molecule has 0 unspecified atom stereocenters. The second kappa shape index (κ2) is 11.3. The van der Waals surface area contributed by atoms with Crippen LogP contribution in [0.25, 0.3) is 22.2 Å². The van der Waals surface area contributed by atoms with Crippen LogP contribution in [0.3, 0.4) is 0 Å². The molecule has 45 heavy (non-hydrogen) atoms. The molecular formula is C33H40F2N8O2. The monoisotopic (exact) mass is 618 g/mol. The van der Waals surface area contributed by atoms with E-state index < -0.39 is 17.2 Å². The third-order valence-corrected chi connectivity index (χ3v) is 8.75. The van der Waals surface area contributed by atoms with Crippen LogP contribution >= 0.6 is 0 Å². The van der Waals surface area contributed by atoms with Gasteiger partial charge in [0, 0.05) is 61.8 Å². The van der Waals surface area contributed by atoms with Gasteiger partial charge in [0.05, 0.1) is 11.7 Å². The topological polar surface area (TPSA) is 101 Å². The van der Waals surface area contributed by atoms with Crippen LogP contribution in [0.5, 0.6) is 0 Å². The van der Waals surface area contributed by atoms with Gasteiger partial charge in [0.2, 0.25) is 5.95 Å². The predicted octanol–water partition coefficient (Wildman–Crippen LogP) is 6.63. The van der Waals surface area contributed by atoms with E-state index in [1.54, 1.807) is 18.5 Å². The second-order valence-corrected chi connectivity index (χ2v) is 13.8. The Morgan fingerprint density at radius 1 is 1.11 bits per heavy atom. The predicted molar refractivity (Wildman–Crippen MR) is 168 cm³/mol. The number of carbonyl (C=O) groups excluding carboxylic acids is 1. The van der Waals surface area contributed by atoms with E-state index in [1.165, 1.54) is 12.1 Å². The van der Waals surface area contributed by atoms with Crippen molar-refractivity contribution in [2.24, 2.45) is 5.41 Å². The lowest BCUT2D eigenvalue weighted by molar-refractivity contribution is -0.115. The maximum atomic E-state index is 15.1. The summed E-state index contributed by atoms with van der Waals surface area (Å²) < 4.78 is 37.6. The Hall–Kier alpha value is -4.19. The van der Waals surface area contributed by atoms with Gasteiger partial charge < -0.3 is 19.5 Å². The Bertz CT molecular complexity index is 1750. The maximum absolute atomic E-state index is 15.1. The van der Waals surface area contributed by atoms with Gasteiger partial charge in [-0.1, -0.05) is 6.92 Å². The minimum atomic E-state index is -0.572. The number of amides is 1. The summed E-state index contributed by atoms with van der Waals surface area (Å²) in [7, 11) is 0. The average Bonchev–Trinajstić information content (AvgIpc) is 3.30. The largest absolute Gasteiger partial charge is 0.444 e. The average molecular weight is 619 g/mol. The molecule has 238 valence electrons. The van der Waals surface area contributed by atoms with Crippen molar-refractivity contribution in [3.63, 3.8) is 0 Å². The van der Waals surface area contributed by atoms with Crippen molar-refractivity contribution in [1.82, 2.24) is 34.3 Å². The molecule has 2 fully saturated rings. The Balaban J connectivity index is 1.14. The number of hydrogen-bond acceptors (Lipinski definition) is 8. The van der Waals surface area contributed by atoms with E-state index in [0.717, 1.165) is 24.7 Å². The number of anilines is 2. The summed E-state index contributed by atoms with van der Waals surface area (Å²) in [5.41, 5.74) is 2.02. The molecule has 6 rings (SSSR count). The number of carbonyl (C=O) groups is 1. The molecule has 0 bridgehead atoms. The molecule has 2 atom stereocenters. The zero-order valence-corrected chi connectivity index (χ0v) is 26.9. The quantitative estimate of drug-likeness (QED) is 0.257. The zero-order chi connectivity index (χ0) is 32.3. The minimum absolute atomic E-state index is 0.0597. The second-order valence-electron chi connectivity index (χ2n) is 13.8. The summed E-state index contributed by atoms with van der Waals surface area (Å²) in [5, 5.41) is 3.04. The smallest absolute Gasteiger partial charge is 0.410 e. The van der Waals surface area contributed by atoms with Crippen LogP contribution in [-0.2, 0) is 11.3 Å². The number of rotatable bonds is 6. The number of likely N-dealkylation sites (tertiary alicyclic amines) is 2. The Kier molecular flexibility index (Phi) is 7.75. The van der Waals surface area contributed by atoms with Crippen molar-refractivity contribution < 1.29 is 18.3 Å². The van der Waals surface area contributed by atoms with Crippen molar-refractivity contribution in [2.45, 2.75) is 79.1 Å². The molecule has 0 saturated carbocycles. The molecule has 2 saturated heterocycles. The summed E-state index contributed by atoms with van der Waals surface area (Å²) in [4.78, 5) is 34.3. The molecule has 2 aliphatic heterocycles. The highest BCUT2D eigenvalue weighted by Gasteiger charge is 2.52. The number of halogens is 2. The van der Waals surface area contributed by atoms with Crippen molar-refractivity contribution in [2.75, 3.05) is 25.0 Å². The van der Waals surface area contributed by atoms with E-state index in [-0.39, 0.29) is 34.7 Å². The van der Waals surface area contributed by atoms with Gasteiger partial charge in [-0.15, -0.1) is 0 Å². The normalized spacial score (nSPS) is 20.3. The van der Waals surface area contributed by atoms with E-state index in [1.807, 2.05) is 51.0 Å². The fourth-order valence-electron chi connectivity index (χ4n) is 6.59. The number of fused-ring (bicyclic) bond motifs is 2. The first-order chi connectivity index (χ1) is 21.2. The minimum Gasteiger partial charge on any atom is -0.444 e. The SMILES string of the molecule is Cc1nc2c(F)cc(-c3cc(Nc4ncc(CN5C[C@@]6(C)CCN(C(=O)OC(C)(C)C)C[C@@H]56)cn4)ncc3F)cc2n1C(C)C. The van der Waals surface area contributed by atoms with Crippen LogP contribution in [0.15, 0.2) is 36.8 Å². The fraction of sp³-hybridized carbons (Fsp3) is 0.485. The van der Waals surface area contributed by atoms with Crippen molar-refractivity contribution in [1.29, 1.82) is 0 Å². The Morgan fingerprint density at radius 2 is 1.84 bits per heavy atom. The van der Waals surface area contributed by atoms with E-state index >= 15 is 4.39 Å². The summed E-state index contributed by atoms with van der Waals surface area (Å²) >= 11 is 0. The first-order valence-corrected chi connectivity index (χ1v) is 15.3. The Morgan fingerprint density at radius 3 is 2.53 bits per heavy atom. The molecule has 0 radical (unpaired) electrons. The highest BCUT2D eigenvalue weighted by molar-refractivity contribution is 5.84. The lowest BCUT2D eigenvalue weighted by Gasteiger charge is -2.60. The first-order valence-electron chi connectivity index (χ1n) is 15.3. The molecule has 1 amide bonds. The molecule has 0 spiro atoms. The number of hydrogen-bond donors (Lipinski definition) is 1. The maximum Gasteiger partial charge on any atom is 0.410 e. The molecule has 4 aromatic rings. The van der Waals surface area contributed by atoms with E-state index in [0.29, 0.717) is 48.3 Å². The van der Waals surface area contributed by atoms with E-state index in [2.05, 4.69) is 37.1 Å². The summed E-state index contributed by atoms with van der Waals surface area (Å²) in [6, 6.07) is 4.87. The van der Waals surface area contributed by atoms with Crippen molar-refractivity contribution in [3.8, 4) is 11.1 Å². The van der Waals surface area contributed by atoms with Gasteiger partial charge in [0.15, 0.2) is 5.82 Å². The van der Waals surface area contributed by atoms with Crippen molar-refractivity contribution >= 4 is 28.9 Å². The molecular weight excluding hydrogens is 578 g/mol. The van der Waals surface area contributed by atoms with Gasteiger partial charge in [0.1, 0.15) is 28.6 Å². The summed E-state index contributed by atoms with van der Waals surface area (Å²) in [5.74, 6) is 0.247. The van der Waals surface area contributed by atoms with Crippen LogP contribution in [0.2, 0.25) is 0 Å². The number of imidazole rings is 1. The number of piperidine rings is 1. The van der Waals surface area contributed by atoms with Gasteiger partial charge >= 0.3 is 6.09 Å². The first kappa shape index (κ1) is 30.8. The molecule has 5 heterocycles. The highest BCUT2D eigenvalue weighted by atomic mass is 19.1. The number of nitrogens with zero attached hydrogens (tertiary/aromatic N) is 7. The molecule has 1 aromatic carbocycles. The lowest BCUT2D eigenvalue weighted by atomic mass is 9.68. The molecule has 10 nitrogen and oxygen atoms in total. The number of aromatic nitrogens is 5. The lowest BCUT2D eigenvalue weighted by Crippen LogP contribution is -2.70. The van der Waals surface area contributed by atoms with Gasteiger partial charge in [-0.25, -0.2) is 33.5 Å². The molecule has 3 aromatic heterocycles. The number of ether oxygens (including phenoxy) is 1. The van der Waals surface area contributed by atoms with E-state index in [9.17, 15) is 9.18 Å². The standard InChI is InChI=1S/C33H40F2N8O2/c1-19(2)43-20(3)39-29-24(34)10-22(11-26(29)43)23-12-28(36-15-25(23)35)40-30-37-13-21(14-38-30)16-42-18-33(7)8-9-41(17-27(33)42)31(44)45-32(4,5)6/h10-15,19,27H,8-9,16-18H2,1-7H3,(H,36,37,38,40)/t27-,33-/m1/s1. The van der Waals surface area contributed by atoms with Crippen LogP contribution in [-0.4, -0.2) is 71.7 Å². The third kappa shape index (κ3) is 6.07. The molecule has 0 aliphatic carbocycles. The van der Waals surface area contributed by atoms with Crippen molar-refractivity contribution in [3.05, 3.63) is 59.8 Å². The Labute approximate surface area is 261 Å². The van der Waals surface area contributed by atoms with Crippen LogP contribution in [0, 0.1) is 24.0 Å². The fourth-order valence-corrected chi connectivity index (χ4v) is 6.59. The summed E-state index contributed by atoms with van der Waals surface area (Å²) in [6.45, 7) is 16.7. The third-order valence-electron chi connectivity index (χ3n) is 8.75. The number of benzene rings is 1. The van der Waals surface area contributed by atoms with Gasteiger partial charge in [-0.3, -0.25) is 4.90 Å². The molecule has 2 aliphatic rings. The van der Waals surface area contributed by atoms with Gasteiger partial charge in [-0.2, -0.15) is 0 Å². The van der Waals surface area contributed by atoms with Gasteiger partial charge in [0.25, 0.3) is 0 Å². The van der Waals surface area contributed by atoms with E-state index in [4.69, 9.17) is 4.74 Å². The number of pyridine rings is 1. The van der Waals surface area contributed by atoms with Crippen LogP contribution < -0.4 is 5.32 Å². The highest BCUT2D eigenvalue weighted by Crippen LogP contribution is 2.44. The van der Waals surface area contributed by atoms with Crippen LogP contribution in [0.1, 0.15) is 65.4 Å². The number of nitrogens with one attached hydrogen (secondary N) is 1. The van der Waals surface area contributed by atoms with Crippen LogP contribution in [0.4, 0.5) is 25.3 Å². The zero-order valence-electron chi connectivity index (χ0n) is 26.9. The van der Waals surface area contributed by atoms with Gasteiger partial charge in [-0.05, 0) is 77.1 Å². The molecule has 1 N–H and O–H groups in total. The number of aryl methyl sites for hydroxylation is 1. The summed E-state index contributed by atoms with van der Waals surface area (Å²) in [6.07, 6.45) is 5.27. The molecule has 12 heteroatoms.